The van der Waals surface area contributed by atoms with Crippen LogP contribution in [0, 0.1) is 6.92 Å². The minimum Gasteiger partial charge on any atom is -0.411 e. The second kappa shape index (κ2) is 9.71. The molecule has 4 rings (SSSR count). The highest BCUT2D eigenvalue weighted by Gasteiger charge is 2.13. The number of aromatic nitrogens is 5. The Kier molecular flexibility index (Phi) is 6.58. The van der Waals surface area contributed by atoms with Crippen molar-refractivity contribution >= 4 is 35.0 Å². The molecule has 0 aliphatic carbocycles. The van der Waals surface area contributed by atoms with E-state index in [1.54, 1.807) is 42.7 Å². The van der Waals surface area contributed by atoms with Crippen molar-refractivity contribution in [2.75, 3.05) is 5.32 Å². The first kappa shape index (κ1) is 21.0. The number of rotatable bonds is 8. The van der Waals surface area contributed by atoms with Gasteiger partial charge in [0.15, 0.2) is 5.82 Å². The number of thioether (sulfide) groups is 1. The molecule has 0 spiro atoms. The molecule has 1 N–H and O–H groups in total. The lowest BCUT2D eigenvalue weighted by atomic mass is 10.2. The fourth-order valence-corrected chi connectivity index (χ4v) is 3.49. The Morgan fingerprint density at radius 2 is 2.03 bits per heavy atom. The molecule has 0 bridgehead atoms. The molecule has 11 heteroatoms. The number of carbonyl (C=O) groups is 1. The standard InChI is InChI=1S/C20H17ClN6O3S/c1-12-10-14(21)2-3-15(12)23-17(28)4-5-18-24-16(27-30-18)11-31-20-26-25-19(29-20)13-6-8-22-9-7-13/h2-3,6-10H,4-5,11H2,1H3,(H,23,28). The lowest BCUT2D eigenvalue weighted by Crippen LogP contribution is -2.13. The molecule has 0 fully saturated rings. The SMILES string of the molecule is Cc1cc(Cl)ccc1NC(=O)CCc1nc(CSc2nnc(-c3ccncc3)o2)no1. The number of nitrogens with one attached hydrogen (secondary N) is 1. The first-order chi connectivity index (χ1) is 15.1. The van der Waals surface area contributed by atoms with Gasteiger partial charge in [-0.1, -0.05) is 28.5 Å². The molecule has 31 heavy (non-hydrogen) atoms. The average molecular weight is 457 g/mol. The van der Waals surface area contributed by atoms with Crippen LogP contribution in [0.2, 0.25) is 5.02 Å². The Labute approximate surface area is 186 Å². The van der Waals surface area contributed by atoms with Crippen LogP contribution in [-0.4, -0.2) is 31.2 Å². The van der Waals surface area contributed by atoms with Crippen molar-refractivity contribution in [2.24, 2.45) is 0 Å². The largest absolute Gasteiger partial charge is 0.411 e. The van der Waals surface area contributed by atoms with Gasteiger partial charge in [-0.05, 0) is 42.8 Å². The molecule has 0 aliphatic rings. The maximum atomic E-state index is 12.2. The minimum atomic E-state index is -0.144. The quantitative estimate of drug-likeness (QED) is 0.386. The molecule has 4 aromatic rings. The van der Waals surface area contributed by atoms with Crippen LogP contribution in [0.15, 0.2) is 56.9 Å². The molecule has 158 valence electrons. The van der Waals surface area contributed by atoms with Gasteiger partial charge in [0.25, 0.3) is 5.22 Å². The minimum absolute atomic E-state index is 0.144. The molecule has 0 atom stereocenters. The van der Waals surface area contributed by atoms with Crippen molar-refractivity contribution in [1.29, 1.82) is 0 Å². The van der Waals surface area contributed by atoms with Gasteiger partial charge in [0, 0.05) is 41.5 Å². The van der Waals surface area contributed by atoms with E-state index < -0.39 is 0 Å². The average Bonchev–Trinajstić information content (AvgIpc) is 3.43. The zero-order chi connectivity index (χ0) is 21.6. The summed E-state index contributed by atoms with van der Waals surface area (Å²) in [4.78, 5) is 20.5. The van der Waals surface area contributed by atoms with Crippen LogP contribution in [0.25, 0.3) is 11.5 Å². The molecule has 9 nitrogen and oxygen atoms in total. The number of halogens is 1. The molecular formula is C20H17ClN6O3S. The lowest BCUT2D eigenvalue weighted by Gasteiger charge is -2.07. The van der Waals surface area contributed by atoms with E-state index in [1.165, 1.54) is 11.8 Å². The van der Waals surface area contributed by atoms with E-state index in [1.807, 2.05) is 6.92 Å². The zero-order valence-electron chi connectivity index (χ0n) is 16.4. The second-order valence-electron chi connectivity index (χ2n) is 6.51. The van der Waals surface area contributed by atoms with E-state index in [0.29, 0.717) is 40.0 Å². The molecule has 3 aromatic heterocycles. The Hall–Kier alpha value is -3.24. The van der Waals surface area contributed by atoms with Crippen LogP contribution < -0.4 is 5.32 Å². The number of hydrogen-bond acceptors (Lipinski definition) is 9. The van der Waals surface area contributed by atoms with E-state index in [-0.39, 0.29) is 12.3 Å². The number of nitrogens with zero attached hydrogens (tertiary/aromatic N) is 5. The zero-order valence-corrected chi connectivity index (χ0v) is 18.0. The van der Waals surface area contributed by atoms with Crippen molar-refractivity contribution in [3.63, 3.8) is 0 Å². The first-order valence-electron chi connectivity index (χ1n) is 9.31. The summed E-state index contributed by atoms with van der Waals surface area (Å²) in [6.45, 7) is 1.88. The molecule has 0 unspecified atom stereocenters. The Balaban J connectivity index is 1.26. The van der Waals surface area contributed by atoms with Gasteiger partial charge in [-0.25, -0.2) is 0 Å². The predicted molar refractivity (Wildman–Crippen MR) is 115 cm³/mol. The molecule has 1 amide bonds. The van der Waals surface area contributed by atoms with Crippen LogP contribution >= 0.6 is 23.4 Å². The van der Waals surface area contributed by atoms with E-state index >= 15 is 0 Å². The van der Waals surface area contributed by atoms with E-state index in [2.05, 4.69) is 30.6 Å². The van der Waals surface area contributed by atoms with Crippen molar-refractivity contribution in [2.45, 2.75) is 30.7 Å². The van der Waals surface area contributed by atoms with Crippen molar-refractivity contribution in [3.8, 4) is 11.5 Å². The number of anilines is 1. The molecule has 3 heterocycles. The number of amides is 1. The summed E-state index contributed by atoms with van der Waals surface area (Å²) < 4.78 is 10.8. The monoisotopic (exact) mass is 456 g/mol. The molecular weight excluding hydrogens is 440 g/mol. The molecule has 0 saturated carbocycles. The second-order valence-corrected chi connectivity index (χ2v) is 7.87. The van der Waals surface area contributed by atoms with Gasteiger partial charge in [0.05, 0.1) is 5.75 Å². The number of aryl methyl sites for hydroxylation is 2. The summed E-state index contributed by atoms with van der Waals surface area (Å²) in [7, 11) is 0. The van der Waals surface area contributed by atoms with E-state index in [9.17, 15) is 4.79 Å². The van der Waals surface area contributed by atoms with Crippen LogP contribution in [0.1, 0.15) is 23.7 Å². The highest BCUT2D eigenvalue weighted by atomic mass is 35.5. The van der Waals surface area contributed by atoms with Crippen LogP contribution in [-0.2, 0) is 17.0 Å². The van der Waals surface area contributed by atoms with E-state index in [0.717, 1.165) is 16.8 Å². The summed E-state index contributed by atoms with van der Waals surface area (Å²) in [5.41, 5.74) is 2.41. The summed E-state index contributed by atoms with van der Waals surface area (Å²) in [6.07, 6.45) is 3.87. The maximum absolute atomic E-state index is 12.2. The lowest BCUT2D eigenvalue weighted by molar-refractivity contribution is -0.116. The molecule has 0 saturated heterocycles. The summed E-state index contributed by atoms with van der Waals surface area (Å²) >= 11 is 7.23. The van der Waals surface area contributed by atoms with Crippen molar-refractivity contribution in [3.05, 3.63) is 65.0 Å². The summed E-state index contributed by atoms with van der Waals surface area (Å²) in [5.74, 6) is 1.55. The Bertz CT molecular complexity index is 1180. The van der Waals surface area contributed by atoms with Crippen LogP contribution in [0.5, 0.6) is 0 Å². The normalized spacial score (nSPS) is 10.9. The number of pyridine rings is 1. The molecule has 1 aromatic carbocycles. The first-order valence-corrected chi connectivity index (χ1v) is 10.7. The fourth-order valence-electron chi connectivity index (χ4n) is 2.66. The van der Waals surface area contributed by atoms with Gasteiger partial charge < -0.3 is 14.3 Å². The topological polar surface area (TPSA) is 120 Å². The highest BCUT2D eigenvalue weighted by molar-refractivity contribution is 7.98. The Morgan fingerprint density at radius 3 is 2.84 bits per heavy atom. The van der Waals surface area contributed by atoms with Crippen LogP contribution in [0.3, 0.4) is 0 Å². The third kappa shape index (κ3) is 5.68. The third-order valence-electron chi connectivity index (χ3n) is 4.20. The smallest absolute Gasteiger partial charge is 0.277 e. The number of carbonyl (C=O) groups excluding carboxylic acids is 1. The van der Waals surface area contributed by atoms with E-state index in [4.69, 9.17) is 20.5 Å². The Morgan fingerprint density at radius 1 is 1.19 bits per heavy atom. The highest BCUT2D eigenvalue weighted by Crippen LogP contribution is 2.25. The van der Waals surface area contributed by atoms with Gasteiger partial charge in [0.1, 0.15) is 0 Å². The maximum Gasteiger partial charge on any atom is 0.277 e. The predicted octanol–water partition coefficient (Wildman–Crippen LogP) is 4.34. The van der Waals surface area contributed by atoms with Gasteiger partial charge >= 0.3 is 0 Å². The van der Waals surface area contributed by atoms with Gasteiger partial charge in [-0.15, -0.1) is 10.2 Å². The molecule has 0 aliphatic heterocycles. The summed E-state index contributed by atoms with van der Waals surface area (Å²) in [6, 6.07) is 8.88. The van der Waals surface area contributed by atoms with Gasteiger partial charge in [-0.3, -0.25) is 9.78 Å². The number of hydrogen-bond donors (Lipinski definition) is 1. The van der Waals surface area contributed by atoms with Gasteiger partial charge in [-0.2, -0.15) is 4.98 Å². The molecule has 0 radical (unpaired) electrons. The van der Waals surface area contributed by atoms with Crippen molar-refractivity contribution < 1.29 is 13.7 Å². The number of benzene rings is 1. The third-order valence-corrected chi connectivity index (χ3v) is 5.25. The van der Waals surface area contributed by atoms with Gasteiger partial charge in [0.2, 0.25) is 17.7 Å². The fraction of sp³-hybridized carbons (Fsp3) is 0.200. The summed E-state index contributed by atoms with van der Waals surface area (Å²) in [5, 5.41) is 15.8. The van der Waals surface area contributed by atoms with Crippen LogP contribution in [0.4, 0.5) is 5.69 Å². The van der Waals surface area contributed by atoms with Crippen molar-refractivity contribution in [1.82, 2.24) is 25.3 Å².